The van der Waals surface area contributed by atoms with Crippen LogP contribution in [0.1, 0.15) is 29.8 Å². The molecule has 0 bridgehead atoms. The van der Waals surface area contributed by atoms with Gasteiger partial charge in [-0.15, -0.1) is 0 Å². The van der Waals surface area contributed by atoms with E-state index in [-0.39, 0.29) is 23.8 Å². The summed E-state index contributed by atoms with van der Waals surface area (Å²) < 4.78 is 0. The number of amides is 2. The van der Waals surface area contributed by atoms with Crippen LogP contribution in [0.25, 0.3) is 10.9 Å². The Hall–Kier alpha value is -2.34. The van der Waals surface area contributed by atoms with Crippen molar-refractivity contribution in [3.63, 3.8) is 0 Å². The number of fused-ring (bicyclic) bond motifs is 1. The molecule has 6 heteroatoms. The fraction of sp³-hybridized carbons (Fsp3) is 0.474. The maximum absolute atomic E-state index is 12.7. The Balaban J connectivity index is 1.38. The lowest BCUT2D eigenvalue weighted by Gasteiger charge is -2.35. The molecule has 1 saturated carbocycles. The van der Waals surface area contributed by atoms with Crippen LogP contribution in [0, 0.1) is 5.92 Å². The van der Waals surface area contributed by atoms with Gasteiger partial charge >= 0.3 is 0 Å². The lowest BCUT2D eigenvalue weighted by Crippen LogP contribution is -2.51. The number of rotatable bonds is 2. The first-order chi connectivity index (χ1) is 12.1. The van der Waals surface area contributed by atoms with E-state index in [2.05, 4.69) is 4.98 Å². The van der Waals surface area contributed by atoms with Gasteiger partial charge in [0.1, 0.15) is 5.69 Å². The van der Waals surface area contributed by atoms with Gasteiger partial charge in [-0.05, 0) is 31.4 Å². The molecule has 1 aromatic heterocycles. The summed E-state index contributed by atoms with van der Waals surface area (Å²) in [6.07, 6.45) is 2.64. The Morgan fingerprint density at radius 1 is 1.04 bits per heavy atom. The molecule has 2 atom stereocenters. The molecular formula is C19H24N4O2. The molecule has 2 unspecified atom stereocenters. The van der Waals surface area contributed by atoms with E-state index in [1.54, 1.807) is 0 Å². The summed E-state index contributed by atoms with van der Waals surface area (Å²) in [7, 11) is 0. The molecule has 1 saturated heterocycles. The molecule has 2 aromatic rings. The fourth-order valence-corrected chi connectivity index (χ4v) is 3.99. The van der Waals surface area contributed by atoms with E-state index >= 15 is 0 Å². The number of carbonyl (C=O) groups is 2. The maximum atomic E-state index is 12.7. The maximum Gasteiger partial charge on any atom is 0.270 e. The molecular weight excluding hydrogens is 316 g/mol. The first-order valence-electron chi connectivity index (χ1n) is 9.03. The average Bonchev–Trinajstić information content (AvgIpc) is 3.26. The van der Waals surface area contributed by atoms with Crippen LogP contribution >= 0.6 is 0 Å². The third-order valence-corrected chi connectivity index (χ3v) is 5.46. The van der Waals surface area contributed by atoms with Crippen molar-refractivity contribution >= 4 is 22.7 Å². The van der Waals surface area contributed by atoms with Gasteiger partial charge in [0.2, 0.25) is 5.91 Å². The van der Waals surface area contributed by atoms with E-state index in [1.807, 2.05) is 40.1 Å². The predicted molar refractivity (Wildman–Crippen MR) is 96.1 cm³/mol. The molecule has 1 aliphatic carbocycles. The number of para-hydroxylation sites is 1. The number of piperazine rings is 1. The van der Waals surface area contributed by atoms with Gasteiger partial charge in [-0.1, -0.05) is 18.2 Å². The van der Waals surface area contributed by atoms with E-state index in [9.17, 15) is 9.59 Å². The lowest BCUT2D eigenvalue weighted by atomic mass is 10.1. The van der Waals surface area contributed by atoms with Crippen molar-refractivity contribution in [2.45, 2.75) is 25.3 Å². The lowest BCUT2D eigenvalue weighted by molar-refractivity contribution is -0.136. The third-order valence-electron chi connectivity index (χ3n) is 5.46. The number of carbonyl (C=O) groups excluding carboxylic acids is 2. The summed E-state index contributed by atoms with van der Waals surface area (Å²) in [5.41, 5.74) is 7.51. The highest BCUT2D eigenvalue weighted by Gasteiger charge is 2.33. The zero-order chi connectivity index (χ0) is 17.4. The SMILES string of the molecule is NC1CCC(C(=O)N2CCN(C(=O)c3cc4ccccc4[nH]3)CC2)C1. The second kappa shape index (κ2) is 6.52. The Kier molecular flexibility index (Phi) is 4.21. The summed E-state index contributed by atoms with van der Waals surface area (Å²) in [5.74, 6) is 0.294. The number of benzene rings is 1. The molecule has 2 fully saturated rings. The van der Waals surface area contributed by atoms with Crippen LogP contribution in [0.15, 0.2) is 30.3 Å². The standard InChI is InChI=1S/C19H24N4O2/c20-15-6-5-14(11-15)18(24)22-7-9-23(10-8-22)19(25)17-12-13-3-1-2-4-16(13)21-17/h1-4,12,14-15,21H,5-11,20H2. The highest BCUT2D eigenvalue weighted by molar-refractivity contribution is 5.98. The summed E-state index contributed by atoms with van der Waals surface area (Å²) in [6.45, 7) is 2.38. The van der Waals surface area contributed by atoms with Crippen LogP contribution in [0.3, 0.4) is 0 Å². The van der Waals surface area contributed by atoms with E-state index in [1.165, 1.54) is 0 Å². The van der Waals surface area contributed by atoms with E-state index < -0.39 is 0 Å². The van der Waals surface area contributed by atoms with Crippen molar-refractivity contribution < 1.29 is 9.59 Å². The normalized spacial score (nSPS) is 24.0. The van der Waals surface area contributed by atoms with Crippen molar-refractivity contribution in [2.24, 2.45) is 11.7 Å². The average molecular weight is 340 g/mol. The number of nitrogens with two attached hydrogens (primary N) is 1. The Bertz CT molecular complexity index is 759. The number of nitrogens with zero attached hydrogens (tertiary/aromatic N) is 2. The van der Waals surface area contributed by atoms with Crippen LogP contribution in [-0.4, -0.2) is 58.8 Å². The zero-order valence-electron chi connectivity index (χ0n) is 14.3. The Morgan fingerprint density at radius 2 is 1.76 bits per heavy atom. The molecule has 132 valence electrons. The second-order valence-corrected chi connectivity index (χ2v) is 7.16. The molecule has 0 spiro atoms. The number of aromatic amines is 1. The van der Waals surface area contributed by atoms with Crippen LogP contribution in [-0.2, 0) is 4.79 Å². The smallest absolute Gasteiger partial charge is 0.270 e. The van der Waals surface area contributed by atoms with Crippen molar-refractivity contribution in [1.29, 1.82) is 0 Å². The van der Waals surface area contributed by atoms with Crippen LogP contribution < -0.4 is 5.73 Å². The van der Waals surface area contributed by atoms with E-state index in [0.717, 1.165) is 30.2 Å². The number of nitrogens with one attached hydrogen (secondary N) is 1. The number of hydrogen-bond donors (Lipinski definition) is 2. The molecule has 4 rings (SSSR count). The molecule has 0 radical (unpaired) electrons. The predicted octanol–water partition coefficient (Wildman–Crippen LogP) is 1.58. The summed E-state index contributed by atoms with van der Waals surface area (Å²) >= 11 is 0. The molecule has 2 amide bonds. The highest BCUT2D eigenvalue weighted by atomic mass is 16.2. The quantitative estimate of drug-likeness (QED) is 0.871. The van der Waals surface area contributed by atoms with Crippen LogP contribution in [0.4, 0.5) is 0 Å². The molecule has 1 aromatic carbocycles. The summed E-state index contributed by atoms with van der Waals surface area (Å²) in [5, 5.41) is 1.04. The van der Waals surface area contributed by atoms with E-state index in [0.29, 0.717) is 31.9 Å². The topological polar surface area (TPSA) is 82.4 Å². The number of hydrogen-bond acceptors (Lipinski definition) is 3. The largest absolute Gasteiger partial charge is 0.351 e. The minimum absolute atomic E-state index is 0.00573. The summed E-state index contributed by atoms with van der Waals surface area (Å²) in [4.78, 5) is 32.2. The molecule has 1 aliphatic heterocycles. The number of H-pyrrole nitrogens is 1. The molecule has 3 N–H and O–H groups in total. The van der Waals surface area contributed by atoms with Crippen molar-refractivity contribution in [3.05, 3.63) is 36.0 Å². The number of aromatic nitrogens is 1. The van der Waals surface area contributed by atoms with E-state index in [4.69, 9.17) is 5.73 Å². The minimum Gasteiger partial charge on any atom is -0.351 e. The molecule has 2 heterocycles. The monoisotopic (exact) mass is 340 g/mol. The highest BCUT2D eigenvalue weighted by Crippen LogP contribution is 2.26. The minimum atomic E-state index is 0.00573. The van der Waals surface area contributed by atoms with Crippen LogP contribution in [0.5, 0.6) is 0 Å². The van der Waals surface area contributed by atoms with Crippen molar-refractivity contribution in [2.75, 3.05) is 26.2 Å². The zero-order valence-corrected chi connectivity index (χ0v) is 14.3. The first kappa shape index (κ1) is 16.1. The second-order valence-electron chi connectivity index (χ2n) is 7.16. The van der Waals surface area contributed by atoms with Gasteiger partial charge in [-0.25, -0.2) is 0 Å². The Labute approximate surface area is 147 Å². The molecule has 25 heavy (non-hydrogen) atoms. The van der Waals surface area contributed by atoms with Crippen LogP contribution in [0.2, 0.25) is 0 Å². The van der Waals surface area contributed by atoms with Gasteiger partial charge in [-0.3, -0.25) is 9.59 Å². The van der Waals surface area contributed by atoms with Gasteiger partial charge in [-0.2, -0.15) is 0 Å². The van der Waals surface area contributed by atoms with Gasteiger partial charge in [0.25, 0.3) is 5.91 Å². The fourth-order valence-electron chi connectivity index (χ4n) is 3.99. The molecule has 2 aliphatic rings. The third kappa shape index (κ3) is 3.14. The van der Waals surface area contributed by atoms with Crippen molar-refractivity contribution in [3.8, 4) is 0 Å². The summed E-state index contributed by atoms with van der Waals surface area (Å²) in [6, 6.07) is 9.94. The van der Waals surface area contributed by atoms with Gasteiger partial charge < -0.3 is 20.5 Å². The Morgan fingerprint density at radius 3 is 2.44 bits per heavy atom. The van der Waals surface area contributed by atoms with Crippen molar-refractivity contribution in [1.82, 2.24) is 14.8 Å². The first-order valence-corrected chi connectivity index (χ1v) is 9.03. The van der Waals surface area contributed by atoms with Gasteiger partial charge in [0.15, 0.2) is 0 Å². The molecule has 6 nitrogen and oxygen atoms in total. The van der Waals surface area contributed by atoms with Gasteiger partial charge in [0.05, 0.1) is 0 Å². The van der Waals surface area contributed by atoms with Gasteiger partial charge in [0, 0.05) is 49.0 Å².